The summed E-state index contributed by atoms with van der Waals surface area (Å²) in [6, 6.07) is 1.01. The van der Waals surface area contributed by atoms with Crippen molar-refractivity contribution in [3.8, 4) is 0 Å². The Morgan fingerprint density at radius 1 is 1.19 bits per heavy atom. The van der Waals surface area contributed by atoms with Gasteiger partial charge in [-0.3, -0.25) is 0 Å². The fourth-order valence-electron chi connectivity index (χ4n) is 2.49. The summed E-state index contributed by atoms with van der Waals surface area (Å²) in [5.41, 5.74) is 0. The van der Waals surface area contributed by atoms with Gasteiger partial charge in [-0.05, 0) is 32.9 Å². The molecule has 1 saturated heterocycles. The molecule has 0 aromatic carbocycles. The molecule has 16 heavy (non-hydrogen) atoms. The Kier molecular flexibility index (Phi) is 4.16. The maximum absolute atomic E-state index is 5.67. The van der Waals surface area contributed by atoms with Crippen LogP contribution in [0.3, 0.4) is 0 Å². The molecule has 4 heteroatoms. The van der Waals surface area contributed by atoms with Crippen molar-refractivity contribution in [1.29, 1.82) is 0 Å². The predicted molar refractivity (Wildman–Crippen MR) is 67.8 cm³/mol. The zero-order valence-corrected chi connectivity index (χ0v) is 11.3. The first-order valence-electron chi connectivity index (χ1n) is 6.17. The van der Waals surface area contributed by atoms with E-state index in [0.29, 0.717) is 12.1 Å². The quantitative estimate of drug-likeness (QED) is 0.824. The summed E-state index contributed by atoms with van der Waals surface area (Å²) in [7, 11) is 0. The molecule has 0 aromatic rings. The number of hydrogen-bond donors (Lipinski definition) is 1. The smallest absolute Gasteiger partial charge is 0.162 e. The minimum absolute atomic E-state index is 0.366. The van der Waals surface area contributed by atoms with E-state index in [1.54, 1.807) is 0 Å². The molecule has 1 aliphatic heterocycles. The fraction of sp³-hybridized carbons (Fsp3) is 1.00. The van der Waals surface area contributed by atoms with Gasteiger partial charge in [0, 0.05) is 11.3 Å². The lowest BCUT2D eigenvalue weighted by atomic mass is 10.2. The number of rotatable bonds is 3. The van der Waals surface area contributed by atoms with Crippen LogP contribution >= 0.6 is 11.8 Å². The summed E-state index contributed by atoms with van der Waals surface area (Å²) in [4.78, 5) is 0. The van der Waals surface area contributed by atoms with E-state index < -0.39 is 5.79 Å². The number of hydrogen-bond acceptors (Lipinski definition) is 4. The zero-order valence-electron chi connectivity index (χ0n) is 10.5. The molecule has 2 unspecified atom stereocenters. The minimum Gasteiger partial charge on any atom is -0.349 e. The lowest BCUT2D eigenvalue weighted by Gasteiger charge is -2.37. The van der Waals surface area contributed by atoms with Crippen LogP contribution in [0.1, 0.15) is 33.1 Å². The fourth-order valence-corrected chi connectivity index (χ4v) is 3.44. The molecule has 2 aliphatic rings. The lowest BCUT2D eigenvalue weighted by molar-refractivity contribution is -0.253. The highest BCUT2D eigenvalue weighted by Crippen LogP contribution is 2.29. The molecule has 0 amide bonds. The van der Waals surface area contributed by atoms with E-state index in [0.717, 1.165) is 18.5 Å². The van der Waals surface area contributed by atoms with Crippen LogP contribution in [0.25, 0.3) is 0 Å². The van der Waals surface area contributed by atoms with Gasteiger partial charge in [0.2, 0.25) is 0 Å². The number of nitrogens with one attached hydrogen (secondary N) is 1. The molecule has 1 N–H and O–H groups in total. The normalized spacial score (nSPS) is 35.4. The second kappa shape index (κ2) is 5.25. The van der Waals surface area contributed by atoms with Crippen LogP contribution in [0.4, 0.5) is 0 Å². The number of ether oxygens (including phenoxy) is 2. The molecule has 0 aromatic heterocycles. The third-order valence-corrected chi connectivity index (χ3v) is 4.64. The van der Waals surface area contributed by atoms with Crippen LogP contribution in [-0.2, 0) is 9.47 Å². The van der Waals surface area contributed by atoms with E-state index >= 15 is 0 Å². The summed E-state index contributed by atoms with van der Waals surface area (Å²) < 4.78 is 11.3. The first-order chi connectivity index (χ1) is 7.61. The van der Waals surface area contributed by atoms with E-state index in [2.05, 4.69) is 11.6 Å². The van der Waals surface area contributed by atoms with Crippen molar-refractivity contribution in [1.82, 2.24) is 5.32 Å². The maximum atomic E-state index is 5.67. The van der Waals surface area contributed by atoms with Gasteiger partial charge in [-0.25, -0.2) is 0 Å². The van der Waals surface area contributed by atoms with Gasteiger partial charge in [-0.2, -0.15) is 11.8 Å². The van der Waals surface area contributed by atoms with Crippen LogP contribution in [0.2, 0.25) is 0 Å². The Hall–Kier alpha value is 0.230. The molecule has 94 valence electrons. The molecule has 2 fully saturated rings. The highest BCUT2D eigenvalue weighted by molar-refractivity contribution is 7.99. The highest BCUT2D eigenvalue weighted by Gasteiger charge is 2.32. The Morgan fingerprint density at radius 3 is 2.50 bits per heavy atom. The van der Waals surface area contributed by atoms with Crippen molar-refractivity contribution in [3.05, 3.63) is 0 Å². The van der Waals surface area contributed by atoms with Crippen LogP contribution in [0.5, 0.6) is 0 Å². The van der Waals surface area contributed by atoms with Gasteiger partial charge in [-0.15, -0.1) is 0 Å². The van der Waals surface area contributed by atoms with E-state index in [4.69, 9.17) is 9.47 Å². The van der Waals surface area contributed by atoms with Crippen LogP contribution in [0.15, 0.2) is 0 Å². The van der Waals surface area contributed by atoms with Crippen molar-refractivity contribution in [2.45, 2.75) is 56.2 Å². The maximum Gasteiger partial charge on any atom is 0.162 e. The Bertz CT molecular complexity index is 225. The van der Waals surface area contributed by atoms with Gasteiger partial charge >= 0.3 is 0 Å². The first kappa shape index (κ1) is 12.7. The summed E-state index contributed by atoms with van der Waals surface area (Å²) in [6.07, 6.45) is 6.20. The van der Waals surface area contributed by atoms with Crippen LogP contribution < -0.4 is 5.32 Å². The number of thioether (sulfide) groups is 1. The van der Waals surface area contributed by atoms with E-state index in [9.17, 15) is 0 Å². The predicted octanol–water partition coefficient (Wildman–Crippen LogP) is 2.01. The van der Waals surface area contributed by atoms with Crippen molar-refractivity contribution in [2.24, 2.45) is 0 Å². The van der Waals surface area contributed by atoms with E-state index in [1.807, 2.05) is 25.6 Å². The van der Waals surface area contributed by atoms with Crippen molar-refractivity contribution in [3.63, 3.8) is 0 Å². The average molecular weight is 245 g/mol. The topological polar surface area (TPSA) is 30.5 Å². The Morgan fingerprint density at radius 2 is 1.88 bits per heavy atom. The summed E-state index contributed by atoms with van der Waals surface area (Å²) in [6.45, 7) is 5.49. The average Bonchev–Trinajstić information content (AvgIpc) is 2.68. The van der Waals surface area contributed by atoms with Gasteiger partial charge in [0.1, 0.15) is 0 Å². The molecule has 1 saturated carbocycles. The third kappa shape index (κ3) is 3.13. The van der Waals surface area contributed by atoms with Crippen LogP contribution in [0, 0.1) is 0 Å². The zero-order chi connectivity index (χ0) is 11.6. The van der Waals surface area contributed by atoms with Gasteiger partial charge in [0.25, 0.3) is 0 Å². The molecule has 2 rings (SSSR count). The summed E-state index contributed by atoms with van der Waals surface area (Å²) >= 11 is 1.98. The summed E-state index contributed by atoms with van der Waals surface area (Å²) in [5, 5.41) is 4.46. The molecule has 0 bridgehead atoms. The third-order valence-electron chi connectivity index (χ3n) is 3.47. The lowest BCUT2D eigenvalue weighted by Crippen LogP contribution is -2.52. The second-order valence-electron chi connectivity index (χ2n) is 5.20. The molecular weight excluding hydrogens is 222 g/mol. The van der Waals surface area contributed by atoms with Gasteiger partial charge in [0.15, 0.2) is 5.79 Å². The monoisotopic (exact) mass is 245 g/mol. The van der Waals surface area contributed by atoms with E-state index in [-0.39, 0.29) is 0 Å². The molecule has 1 heterocycles. The minimum atomic E-state index is -0.396. The van der Waals surface area contributed by atoms with Gasteiger partial charge in [0.05, 0.1) is 19.3 Å². The SMILES string of the molecule is CSC1CCCC1NC1COC(C)(C)OC1. The van der Waals surface area contributed by atoms with Gasteiger partial charge < -0.3 is 14.8 Å². The van der Waals surface area contributed by atoms with E-state index in [1.165, 1.54) is 19.3 Å². The van der Waals surface area contributed by atoms with Gasteiger partial charge in [-0.1, -0.05) is 6.42 Å². The molecule has 3 nitrogen and oxygen atoms in total. The Balaban J connectivity index is 1.78. The molecular formula is C12H23NO2S. The Labute approximate surface area is 103 Å². The summed E-state index contributed by atoms with van der Waals surface area (Å²) in [5.74, 6) is -0.396. The van der Waals surface area contributed by atoms with Crippen molar-refractivity contribution in [2.75, 3.05) is 19.5 Å². The molecule has 1 aliphatic carbocycles. The van der Waals surface area contributed by atoms with Crippen LogP contribution in [-0.4, -0.2) is 42.6 Å². The first-order valence-corrected chi connectivity index (χ1v) is 7.46. The molecule has 0 spiro atoms. The highest BCUT2D eigenvalue weighted by atomic mass is 32.2. The second-order valence-corrected chi connectivity index (χ2v) is 6.27. The van der Waals surface area contributed by atoms with Crippen molar-refractivity contribution < 1.29 is 9.47 Å². The molecule has 2 atom stereocenters. The molecule has 0 radical (unpaired) electrons. The van der Waals surface area contributed by atoms with Crippen molar-refractivity contribution >= 4 is 11.8 Å². The standard InChI is InChI=1S/C12H23NO2S/c1-12(2)14-7-9(8-15-12)13-10-5-4-6-11(10)16-3/h9-11,13H,4-8H2,1-3H3. The largest absolute Gasteiger partial charge is 0.349 e.